The molecule has 0 saturated heterocycles. The van der Waals surface area contributed by atoms with Gasteiger partial charge in [0.05, 0.1) is 0 Å². The maximum Gasteiger partial charge on any atom is 0.0280 e. The van der Waals surface area contributed by atoms with E-state index in [9.17, 15) is 0 Å². The van der Waals surface area contributed by atoms with Crippen molar-refractivity contribution in [3.8, 4) is 0 Å². The van der Waals surface area contributed by atoms with Gasteiger partial charge >= 0.3 is 0 Å². The van der Waals surface area contributed by atoms with Crippen LogP contribution in [0.5, 0.6) is 0 Å². The van der Waals surface area contributed by atoms with Gasteiger partial charge in [0.2, 0.25) is 0 Å². The fraction of sp³-hybridized carbons (Fsp3) is 0.684. The third kappa shape index (κ3) is 5.98. The SMILES string of the molecule is C=C(CC)C(C)/C=C\C(C)=C(/C)N(C)C(CC)CCC. The molecule has 2 unspecified atom stereocenters. The predicted molar refractivity (Wildman–Crippen MR) is 92.9 cm³/mol. The number of hydrogen-bond acceptors (Lipinski definition) is 1. The molecular weight excluding hydrogens is 242 g/mol. The Morgan fingerprint density at radius 1 is 1.20 bits per heavy atom. The molecule has 0 aromatic carbocycles. The largest absolute Gasteiger partial charge is 0.375 e. The van der Waals surface area contributed by atoms with E-state index in [1.165, 1.54) is 36.1 Å². The predicted octanol–water partition coefficient (Wildman–Crippen LogP) is 5.95. The van der Waals surface area contributed by atoms with E-state index in [0.717, 1.165) is 6.42 Å². The van der Waals surface area contributed by atoms with E-state index >= 15 is 0 Å². The Hall–Kier alpha value is -0.980. The van der Waals surface area contributed by atoms with Crippen molar-refractivity contribution in [1.82, 2.24) is 4.90 Å². The summed E-state index contributed by atoms with van der Waals surface area (Å²) in [6.07, 6.45) is 9.32. The number of hydrogen-bond donors (Lipinski definition) is 0. The molecule has 0 amide bonds. The van der Waals surface area contributed by atoms with Crippen molar-refractivity contribution in [2.45, 2.75) is 73.3 Å². The lowest BCUT2D eigenvalue weighted by molar-refractivity contribution is 0.276. The maximum absolute atomic E-state index is 4.12. The minimum absolute atomic E-state index is 0.464. The van der Waals surface area contributed by atoms with Crippen molar-refractivity contribution >= 4 is 0 Å². The first-order chi connectivity index (χ1) is 9.38. The molecule has 0 aliphatic heterocycles. The molecule has 0 spiro atoms. The van der Waals surface area contributed by atoms with Crippen LogP contribution in [0.4, 0.5) is 0 Å². The van der Waals surface area contributed by atoms with E-state index in [4.69, 9.17) is 0 Å². The second kappa shape index (κ2) is 9.85. The van der Waals surface area contributed by atoms with Gasteiger partial charge in [0.25, 0.3) is 0 Å². The Balaban J connectivity index is 4.88. The number of allylic oxidation sites excluding steroid dienone is 5. The molecular formula is C19H35N. The van der Waals surface area contributed by atoms with Crippen LogP contribution in [0.25, 0.3) is 0 Å². The fourth-order valence-electron chi connectivity index (χ4n) is 2.42. The van der Waals surface area contributed by atoms with Crippen molar-refractivity contribution in [3.05, 3.63) is 35.6 Å². The highest BCUT2D eigenvalue weighted by molar-refractivity contribution is 5.24. The summed E-state index contributed by atoms with van der Waals surface area (Å²) < 4.78 is 0. The smallest absolute Gasteiger partial charge is 0.0280 e. The summed E-state index contributed by atoms with van der Waals surface area (Å²) in [5, 5.41) is 0. The summed E-state index contributed by atoms with van der Waals surface area (Å²) in [6.45, 7) is 17.5. The van der Waals surface area contributed by atoms with Gasteiger partial charge in [-0.15, -0.1) is 0 Å². The van der Waals surface area contributed by atoms with Crippen LogP contribution in [0, 0.1) is 5.92 Å². The van der Waals surface area contributed by atoms with Crippen molar-refractivity contribution in [1.29, 1.82) is 0 Å². The number of nitrogens with zero attached hydrogens (tertiary/aromatic N) is 1. The zero-order chi connectivity index (χ0) is 15.7. The molecule has 0 bridgehead atoms. The van der Waals surface area contributed by atoms with E-state index < -0.39 is 0 Å². The zero-order valence-electron chi connectivity index (χ0n) is 14.8. The normalized spacial score (nSPS) is 15.9. The average Bonchev–Trinajstić information content (AvgIpc) is 2.47. The van der Waals surface area contributed by atoms with Gasteiger partial charge in [0.1, 0.15) is 0 Å². The Labute approximate surface area is 127 Å². The standard InChI is InChI=1S/C19H35N/c1-9-12-19(11-3)20(8)18(7)17(6)14-13-16(5)15(4)10-2/h13-14,16,19H,4,9-12H2,1-3,5-8H3/b14-13-,18-17+. The van der Waals surface area contributed by atoms with E-state index in [0.29, 0.717) is 12.0 Å². The summed E-state index contributed by atoms with van der Waals surface area (Å²) in [7, 11) is 2.23. The second-order valence-corrected chi connectivity index (χ2v) is 5.89. The van der Waals surface area contributed by atoms with Crippen LogP contribution in [0.15, 0.2) is 35.6 Å². The molecule has 1 heteroatoms. The molecule has 1 nitrogen and oxygen atoms in total. The summed E-state index contributed by atoms with van der Waals surface area (Å²) in [5.74, 6) is 0.464. The van der Waals surface area contributed by atoms with E-state index in [2.05, 4.69) is 72.2 Å². The Kier molecular flexibility index (Phi) is 9.37. The van der Waals surface area contributed by atoms with Crippen molar-refractivity contribution in [2.75, 3.05) is 7.05 Å². The highest BCUT2D eigenvalue weighted by Gasteiger charge is 2.12. The minimum atomic E-state index is 0.464. The highest BCUT2D eigenvalue weighted by Crippen LogP contribution is 2.19. The first-order valence-electron chi connectivity index (χ1n) is 8.15. The van der Waals surface area contributed by atoms with Crippen LogP contribution in [0.2, 0.25) is 0 Å². The van der Waals surface area contributed by atoms with Gasteiger partial charge in [-0.05, 0) is 44.6 Å². The third-order valence-corrected chi connectivity index (χ3v) is 4.47. The molecule has 0 heterocycles. The summed E-state index contributed by atoms with van der Waals surface area (Å²) in [4.78, 5) is 2.45. The van der Waals surface area contributed by atoms with Crippen molar-refractivity contribution in [2.24, 2.45) is 5.92 Å². The molecule has 0 saturated carbocycles. The molecule has 0 aliphatic carbocycles. The molecule has 0 aliphatic rings. The van der Waals surface area contributed by atoms with Gasteiger partial charge in [-0.25, -0.2) is 0 Å². The lowest BCUT2D eigenvalue weighted by Gasteiger charge is -2.30. The van der Waals surface area contributed by atoms with E-state index in [1.54, 1.807) is 0 Å². The fourth-order valence-corrected chi connectivity index (χ4v) is 2.42. The van der Waals surface area contributed by atoms with Crippen molar-refractivity contribution in [3.63, 3.8) is 0 Å². The molecule has 0 aromatic rings. The van der Waals surface area contributed by atoms with Crippen LogP contribution in [-0.4, -0.2) is 18.0 Å². The van der Waals surface area contributed by atoms with Gasteiger partial charge in [-0.2, -0.15) is 0 Å². The molecule has 2 atom stereocenters. The Morgan fingerprint density at radius 2 is 1.80 bits per heavy atom. The third-order valence-electron chi connectivity index (χ3n) is 4.47. The van der Waals surface area contributed by atoms with E-state index in [-0.39, 0.29) is 0 Å². The first kappa shape index (κ1) is 19.0. The molecule has 0 aromatic heterocycles. The van der Waals surface area contributed by atoms with Gasteiger partial charge in [-0.1, -0.05) is 58.4 Å². The van der Waals surface area contributed by atoms with Gasteiger partial charge < -0.3 is 4.90 Å². The number of rotatable bonds is 9. The highest BCUT2D eigenvalue weighted by atomic mass is 15.1. The van der Waals surface area contributed by atoms with Crippen LogP contribution < -0.4 is 0 Å². The monoisotopic (exact) mass is 277 g/mol. The van der Waals surface area contributed by atoms with Crippen LogP contribution in [0.1, 0.15) is 67.2 Å². The molecule has 0 fully saturated rings. The van der Waals surface area contributed by atoms with Crippen LogP contribution in [0.3, 0.4) is 0 Å². The lowest BCUT2D eigenvalue weighted by Crippen LogP contribution is -2.30. The first-order valence-corrected chi connectivity index (χ1v) is 8.15. The summed E-state index contributed by atoms with van der Waals surface area (Å²) in [6, 6.07) is 0.659. The topological polar surface area (TPSA) is 3.24 Å². The molecule has 20 heavy (non-hydrogen) atoms. The Bertz CT molecular complexity index is 349. The molecule has 0 N–H and O–H groups in total. The van der Waals surface area contributed by atoms with Crippen molar-refractivity contribution < 1.29 is 0 Å². The van der Waals surface area contributed by atoms with Gasteiger partial charge in [-0.3, -0.25) is 0 Å². The van der Waals surface area contributed by atoms with Gasteiger partial charge in [0, 0.05) is 18.8 Å². The van der Waals surface area contributed by atoms with Gasteiger partial charge in [0.15, 0.2) is 0 Å². The maximum atomic E-state index is 4.12. The molecule has 116 valence electrons. The zero-order valence-corrected chi connectivity index (χ0v) is 14.8. The quantitative estimate of drug-likeness (QED) is 0.372. The Morgan fingerprint density at radius 3 is 2.25 bits per heavy atom. The van der Waals surface area contributed by atoms with Crippen LogP contribution >= 0.6 is 0 Å². The molecule has 0 rings (SSSR count). The average molecular weight is 277 g/mol. The second-order valence-electron chi connectivity index (χ2n) is 5.89. The summed E-state index contributed by atoms with van der Waals surface area (Å²) >= 11 is 0. The minimum Gasteiger partial charge on any atom is -0.375 e. The summed E-state index contributed by atoms with van der Waals surface area (Å²) in [5.41, 5.74) is 4.05. The lowest BCUT2D eigenvalue weighted by atomic mass is 9.99. The van der Waals surface area contributed by atoms with E-state index in [1.807, 2.05) is 0 Å². The van der Waals surface area contributed by atoms with Crippen LogP contribution in [-0.2, 0) is 0 Å². The molecule has 0 radical (unpaired) electrons.